The fourth-order valence-electron chi connectivity index (χ4n) is 1.65. The third kappa shape index (κ3) is 3.54. The molecule has 0 aliphatic rings. The molecule has 1 amide bonds. The molecule has 114 valence electrons. The van der Waals surface area contributed by atoms with Gasteiger partial charge in [-0.3, -0.25) is 4.79 Å². The molecule has 7 nitrogen and oxygen atoms in total. The van der Waals surface area contributed by atoms with Gasteiger partial charge >= 0.3 is 5.82 Å². The molecule has 0 saturated carbocycles. The van der Waals surface area contributed by atoms with Gasteiger partial charge in [-0.25, -0.2) is 4.39 Å². The van der Waals surface area contributed by atoms with Gasteiger partial charge in [0.25, 0.3) is 5.91 Å². The number of carbonyl (C=O) groups is 1. The lowest BCUT2D eigenvalue weighted by Gasteiger charge is -2.14. The van der Waals surface area contributed by atoms with Crippen LogP contribution in [0.5, 0.6) is 5.75 Å². The molecule has 1 atom stereocenters. The molecule has 1 N–H and O–H groups in total. The quantitative estimate of drug-likeness (QED) is 0.676. The van der Waals surface area contributed by atoms with E-state index in [4.69, 9.17) is 4.74 Å². The van der Waals surface area contributed by atoms with Crippen molar-refractivity contribution in [3.05, 3.63) is 58.5 Å². The van der Waals surface area contributed by atoms with E-state index in [2.05, 4.69) is 10.3 Å². The SMILES string of the molecule is C[C@@H](Oc1cccnc1[N+](=O)[O-])C(=O)Nc1ccccc1F. The Kier molecular flexibility index (Phi) is 4.62. The number of nitrogens with zero attached hydrogens (tertiary/aromatic N) is 2. The predicted octanol–water partition coefficient (Wildman–Crippen LogP) is 2.53. The van der Waals surface area contributed by atoms with Crippen LogP contribution in [0.15, 0.2) is 42.6 Å². The Morgan fingerprint density at radius 2 is 2.09 bits per heavy atom. The minimum atomic E-state index is -1.07. The summed E-state index contributed by atoms with van der Waals surface area (Å²) in [6, 6.07) is 8.43. The summed E-state index contributed by atoms with van der Waals surface area (Å²) in [5.41, 5.74) is 0.00337. The van der Waals surface area contributed by atoms with Crippen molar-refractivity contribution in [3.63, 3.8) is 0 Å². The van der Waals surface area contributed by atoms with Gasteiger partial charge in [0.1, 0.15) is 12.0 Å². The number of anilines is 1. The van der Waals surface area contributed by atoms with E-state index in [1.54, 1.807) is 6.07 Å². The van der Waals surface area contributed by atoms with Gasteiger partial charge < -0.3 is 20.2 Å². The first kappa shape index (κ1) is 15.4. The fraction of sp³-hybridized carbons (Fsp3) is 0.143. The Hall–Kier alpha value is -3.03. The first-order valence-corrected chi connectivity index (χ1v) is 6.30. The highest BCUT2D eigenvalue weighted by atomic mass is 19.1. The van der Waals surface area contributed by atoms with Crippen LogP contribution in [0.2, 0.25) is 0 Å². The number of hydrogen-bond acceptors (Lipinski definition) is 5. The van der Waals surface area contributed by atoms with Crippen LogP contribution >= 0.6 is 0 Å². The molecule has 0 spiro atoms. The van der Waals surface area contributed by atoms with Gasteiger partial charge in [-0.05, 0) is 41.1 Å². The fourth-order valence-corrected chi connectivity index (χ4v) is 1.65. The van der Waals surface area contributed by atoms with Crippen molar-refractivity contribution in [2.24, 2.45) is 0 Å². The van der Waals surface area contributed by atoms with Crippen molar-refractivity contribution in [2.75, 3.05) is 5.32 Å². The Balaban J connectivity index is 2.09. The number of carbonyl (C=O) groups excluding carboxylic acids is 1. The van der Waals surface area contributed by atoms with Gasteiger partial charge in [0, 0.05) is 0 Å². The van der Waals surface area contributed by atoms with Crippen LogP contribution in [-0.2, 0) is 4.79 Å². The number of nitrogens with one attached hydrogen (secondary N) is 1. The van der Waals surface area contributed by atoms with Crippen LogP contribution in [0.4, 0.5) is 15.9 Å². The number of hydrogen-bond donors (Lipinski definition) is 1. The summed E-state index contributed by atoms with van der Waals surface area (Å²) < 4.78 is 18.7. The number of ether oxygens (including phenoxy) is 1. The maximum absolute atomic E-state index is 13.5. The van der Waals surface area contributed by atoms with Crippen molar-refractivity contribution in [3.8, 4) is 5.75 Å². The largest absolute Gasteiger partial charge is 0.473 e. The number of benzene rings is 1. The minimum absolute atomic E-state index is 0.00337. The second kappa shape index (κ2) is 6.61. The zero-order valence-electron chi connectivity index (χ0n) is 11.5. The van der Waals surface area contributed by atoms with E-state index in [1.807, 2.05) is 0 Å². The molecular weight excluding hydrogens is 293 g/mol. The standard InChI is InChI=1S/C14H12FN3O4/c1-9(14(19)17-11-6-3-2-5-10(11)15)22-12-7-4-8-16-13(12)18(20)21/h2-9H,1H3,(H,17,19)/t9-/m1/s1. The van der Waals surface area contributed by atoms with Crippen molar-refractivity contribution in [1.82, 2.24) is 4.98 Å². The number of rotatable bonds is 5. The summed E-state index contributed by atoms with van der Waals surface area (Å²) in [4.78, 5) is 25.6. The van der Waals surface area contributed by atoms with Crippen molar-refractivity contribution < 1.29 is 18.8 Å². The van der Waals surface area contributed by atoms with E-state index in [1.165, 1.54) is 43.5 Å². The molecule has 1 aromatic carbocycles. The summed E-state index contributed by atoms with van der Waals surface area (Å²) in [6.07, 6.45) is 0.178. The second-order valence-electron chi connectivity index (χ2n) is 4.31. The van der Waals surface area contributed by atoms with Gasteiger partial charge in [-0.1, -0.05) is 12.1 Å². The third-order valence-electron chi connectivity index (χ3n) is 2.73. The first-order chi connectivity index (χ1) is 10.5. The van der Waals surface area contributed by atoms with Crippen LogP contribution in [0.25, 0.3) is 0 Å². The molecule has 0 radical (unpaired) electrons. The zero-order valence-corrected chi connectivity index (χ0v) is 11.5. The first-order valence-electron chi connectivity index (χ1n) is 6.30. The number of amides is 1. The van der Waals surface area contributed by atoms with Gasteiger partial charge in [0.05, 0.1) is 5.69 Å². The molecule has 0 bridgehead atoms. The molecule has 0 aliphatic carbocycles. The smallest absolute Gasteiger partial charge is 0.406 e. The molecule has 0 unspecified atom stereocenters. The maximum Gasteiger partial charge on any atom is 0.406 e. The molecule has 1 heterocycles. The van der Waals surface area contributed by atoms with Crippen molar-refractivity contribution >= 4 is 17.4 Å². The average molecular weight is 305 g/mol. The van der Waals surface area contributed by atoms with E-state index in [-0.39, 0.29) is 11.4 Å². The van der Waals surface area contributed by atoms with E-state index in [0.717, 1.165) is 0 Å². The molecule has 2 aromatic rings. The lowest BCUT2D eigenvalue weighted by atomic mass is 10.3. The van der Waals surface area contributed by atoms with Crippen LogP contribution in [0.1, 0.15) is 6.92 Å². The van der Waals surface area contributed by atoms with E-state index < -0.39 is 28.6 Å². The maximum atomic E-state index is 13.5. The molecule has 22 heavy (non-hydrogen) atoms. The monoisotopic (exact) mass is 305 g/mol. The third-order valence-corrected chi connectivity index (χ3v) is 2.73. The highest BCUT2D eigenvalue weighted by Crippen LogP contribution is 2.24. The zero-order chi connectivity index (χ0) is 16.1. The Labute approximate surface area is 124 Å². The van der Waals surface area contributed by atoms with Gasteiger partial charge in [-0.15, -0.1) is 0 Å². The Morgan fingerprint density at radius 3 is 2.77 bits per heavy atom. The van der Waals surface area contributed by atoms with Crippen LogP contribution in [0.3, 0.4) is 0 Å². The van der Waals surface area contributed by atoms with E-state index >= 15 is 0 Å². The minimum Gasteiger partial charge on any atom is -0.473 e. The van der Waals surface area contributed by atoms with Gasteiger partial charge in [0.15, 0.2) is 6.10 Å². The second-order valence-corrected chi connectivity index (χ2v) is 4.31. The highest BCUT2D eigenvalue weighted by molar-refractivity contribution is 5.94. The summed E-state index contributed by atoms with van der Waals surface area (Å²) in [6.45, 7) is 1.40. The normalized spacial score (nSPS) is 11.5. The Bertz CT molecular complexity index is 708. The number of aromatic nitrogens is 1. The molecule has 8 heteroatoms. The lowest BCUT2D eigenvalue weighted by molar-refractivity contribution is -0.390. The number of para-hydroxylation sites is 1. The van der Waals surface area contributed by atoms with Crippen LogP contribution < -0.4 is 10.1 Å². The summed E-state index contributed by atoms with van der Waals surface area (Å²) in [5, 5.41) is 13.2. The van der Waals surface area contributed by atoms with Gasteiger partial charge in [0.2, 0.25) is 5.75 Å². The topological polar surface area (TPSA) is 94.4 Å². The molecule has 0 aliphatic heterocycles. The number of pyridine rings is 1. The average Bonchev–Trinajstić information content (AvgIpc) is 2.49. The summed E-state index contributed by atoms with van der Waals surface area (Å²) in [7, 11) is 0. The van der Waals surface area contributed by atoms with Gasteiger partial charge in [-0.2, -0.15) is 0 Å². The molecule has 0 saturated heterocycles. The van der Waals surface area contributed by atoms with Crippen LogP contribution in [-0.4, -0.2) is 21.9 Å². The lowest BCUT2D eigenvalue weighted by Crippen LogP contribution is -2.30. The van der Waals surface area contributed by atoms with E-state index in [9.17, 15) is 19.3 Å². The predicted molar refractivity (Wildman–Crippen MR) is 76.0 cm³/mol. The van der Waals surface area contributed by atoms with Crippen LogP contribution in [0, 0.1) is 15.9 Å². The molecule has 2 rings (SSSR count). The van der Waals surface area contributed by atoms with Crippen molar-refractivity contribution in [2.45, 2.75) is 13.0 Å². The molecule has 0 fully saturated rings. The number of nitro groups is 1. The van der Waals surface area contributed by atoms with Crippen molar-refractivity contribution in [1.29, 1.82) is 0 Å². The summed E-state index contributed by atoms with van der Waals surface area (Å²) in [5.74, 6) is -1.85. The summed E-state index contributed by atoms with van der Waals surface area (Å²) >= 11 is 0. The number of halogens is 1. The molecule has 1 aromatic heterocycles. The highest BCUT2D eigenvalue weighted by Gasteiger charge is 2.22. The Morgan fingerprint density at radius 1 is 1.36 bits per heavy atom. The van der Waals surface area contributed by atoms with E-state index in [0.29, 0.717) is 0 Å². The molecular formula is C14H12FN3O4.